The van der Waals surface area contributed by atoms with Gasteiger partial charge < -0.3 is 0 Å². The Morgan fingerprint density at radius 1 is 0.341 bits per heavy atom. The predicted molar refractivity (Wildman–Crippen MR) is 376 cm³/mol. The minimum absolute atomic E-state index is 0.0240. The fraction of sp³-hybridized carbons (Fsp3) is 0.494. The Bertz CT molecular complexity index is 3410. The third-order valence-electron chi connectivity index (χ3n) is 20.3. The number of fused-ring (bicyclic) bond motifs is 7. The summed E-state index contributed by atoms with van der Waals surface area (Å²) in [5.74, 6) is 0. The maximum Gasteiger partial charge on any atom is 0.123 e. The molecule has 0 saturated carbocycles. The van der Waals surface area contributed by atoms with Crippen molar-refractivity contribution in [3.05, 3.63) is 159 Å². The first-order valence-corrected chi connectivity index (χ1v) is 37.1. The third kappa shape index (κ3) is 13.9. The third-order valence-corrected chi connectivity index (χ3v) is 23.8. The van der Waals surface area contributed by atoms with Gasteiger partial charge in [-0.2, -0.15) is 0 Å². The number of aryl methyl sites for hydroxylation is 4. The highest BCUT2D eigenvalue weighted by Crippen LogP contribution is 2.58. The molecule has 1 nitrogen and oxygen atoms in total. The fourth-order valence-electron chi connectivity index (χ4n) is 15.5. The highest BCUT2D eigenvalue weighted by molar-refractivity contribution is 7.23. The van der Waals surface area contributed by atoms with Crippen molar-refractivity contribution in [1.82, 2.24) is 4.98 Å². The van der Waals surface area contributed by atoms with E-state index in [9.17, 15) is 0 Å². The van der Waals surface area contributed by atoms with E-state index in [0.29, 0.717) is 0 Å². The van der Waals surface area contributed by atoms with Crippen LogP contribution in [0.3, 0.4) is 0 Å². The normalized spacial score (nSPS) is 14.4. The lowest BCUT2D eigenvalue weighted by molar-refractivity contribution is 0.398. The second kappa shape index (κ2) is 29.4. The smallest absolute Gasteiger partial charge is 0.123 e. The molecule has 8 aromatic rings. The van der Waals surface area contributed by atoms with Gasteiger partial charge in [-0.05, 0) is 198 Å². The Kier molecular flexibility index (Phi) is 21.4. The molecule has 0 aliphatic heterocycles. The van der Waals surface area contributed by atoms with Crippen LogP contribution in [0.15, 0.2) is 115 Å². The number of thiophene rings is 2. The van der Waals surface area contributed by atoms with E-state index in [4.69, 9.17) is 4.98 Å². The van der Waals surface area contributed by atoms with Gasteiger partial charge in [-0.15, -0.1) is 34.0 Å². The molecule has 3 aliphatic carbocycles. The average molecular weight is 1180 g/mol. The molecule has 0 saturated heterocycles. The summed E-state index contributed by atoms with van der Waals surface area (Å²) in [5.41, 5.74) is 23.0. The standard InChI is InChI=1S/C81H101NS3/c1-7-11-15-19-23-29-47-80(48-30-24-20-16-12-8-2)70-51-58(5)35-40-66(70)67-41-37-60(55-71(67)80)63-52-64(54-65(53-63)79-82-74-33-27-28-34-76(74)85-79)61-38-42-68-69-43-39-62(75-45-46-78(84-75)77-44-36-59(6)83-77)57-73(69)81(72(68)56-61,49-31-25-21-17-13-9-3)50-32-26-22-18-14-10-4/h35-46,51-57H,7-34,47-50H2,1-6H3. The van der Waals surface area contributed by atoms with Gasteiger partial charge in [-0.25, -0.2) is 4.98 Å². The van der Waals surface area contributed by atoms with Gasteiger partial charge in [0.05, 0.1) is 5.69 Å². The lowest BCUT2D eigenvalue weighted by Gasteiger charge is -2.33. The molecule has 0 N–H and O–H groups in total. The van der Waals surface area contributed by atoms with Crippen LogP contribution in [-0.4, -0.2) is 4.98 Å². The van der Waals surface area contributed by atoms with Crippen molar-refractivity contribution in [2.24, 2.45) is 0 Å². The largest absolute Gasteiger partial charge is 0.241 e. The van der Waals surface area contributed by atoms with Gasteiger partial charge in [0.15, 0.2) is 0 Å². The number of nitrogens with zero attached hydrogens (tertiary/aromatic N) is 1. The Hall–Kier alpha value is -4.87. The SMILES string of the molecule is CCCCCCCCC1(CCCCCCCC)c2cc(C)ccc2-c2ccc(-c3cc(-c4ccc5c(c4)C(CCCCCCCC)(CCCCCCCC)c4cc(-c6ccc(-c7ccc(C)s7)s6)ccc4-5)cc(-c4nc5c(s4)CCCC5)c3)cc21. The second-order valence-electron chi connectivity index (χ2n) is 26.5. The number of rotatable bonds is 33. The summed E-state index contributed by atoms with van der Waals surface area (Å²) in [6.45, 7) is 14.0. The molecule has 11 rings (SSSR count). The van der Waals surface area contributed by atoms with Crippen molar-refractivity contribution in [1.29, 1.82) is 0 Å². The first-order chi connectivity index (χ1) is 41.7. The van der Waals surface area contributed by atoms with Crippen LogP contribution in [0.4, 0.5) is 0 Å². The lowest BCUT2D eigenvalue weighted by atomic mass is 9.70. The van der Waals surface area contributed by atoms with Crippen molar-refractivity contribution >= 4 is 34.0 Å². The van der Waals surface area contributed by atoms with Crippen molar-refractivity contribution in [2.45, 2.75) is 258 Å². The Balaban J connectivity index is 1.03. The second-order valence-corrected chi connectivity index (χ2v) is 30.0. The van der Waals surface area contributed by atoms with Gasteiger partial charge in [-0.1, -0.05) is 242 Å². The highest BCUT2D eigenvalue weighted by Gasteiger charge is 2.44. The molecule has 3 heterocycles. The maximum absolute atomic E-state index is 5.53. The van der Waals surface area contributed by atoms with Gasteiger partial charge in [0.2, 0.25) is 0 Å². The average Bonchev–Trinajstić information content (AvgIpc) is 1.70. The summed E-state index contributed by atoms with van der Waals surface area (Å²) >= 11 is 5.86. The van der Waals surface area contributed by atoms with Gasteiger partial charge in [0, 0.05) is 40.8 Å². The zero-order valence-corrected chi connectivity index (χ0v) is 55.7. The quantitative estimate of drug-likeness (QED) is 0.0374. The molecule has 5 aromatic carbocycles. The van der Waals surface area contributed by atoms with Crippen molar-refractivity contribution in [2.75, 3.05) is 0 Å². The van der Waals surface area contributed by atoms with Crippen LogP contribution in [0, 0.1) is 13.8 Å². The molecule has 3 aromatic heterocycles. The van der Waals surface area contributed by atoms with Crippen LogP contribution < -0.4 is 0 Å². The van der Waals surface area contributed by atoms with E-state index in [1.54, 1.807) is 22.3 Å². The Labute approximate surface area is 527 Å². The minimum atomic E-state index is -0.0470. The van der Waals surface area contributed by atoms with E-state index in [0.717, 1.165) is 12.8 Å². The number of hydrogen-bond donors (Lipinski definition) is 0. The Morgan fingerprint density at radius 3 is 1.22 bits per heavy atom. The fourth-order valence-corrected chi connectivity index (χ4v) is 18.6. The Morgan fingerprint density at radius 2 is 0.741 bits per heavy atom. The monoisotopic (exact) mass is 1180 g/mol. The van der Waals surface area contributed by atoms with Crippen LogP contribution in [0.5, 0.6) is 0 Å². The van der Waals surface area contributed by atoms with Crippen LogP contribution in [-0.2, 0) is 23.7 Å². The first kappa shape index (κ1) is 61.8. The van der Waals surface area contributed by atoms with E-state index in [1.807, 2.05) is 34.0 Å². The van der Waals surface area contributed by atoms with E-state index >= 15 is 0 Å². The molecule has 4 heteroatoms. The van der Waals surface area contributed by atoms with Gasteiger partial charge >= 0.3 is 0 Å². The summed E-state index contributed by atoms with van der Waals surface area (Å²) in [5, 5.41) is 1.20. The molecule has 448 valence electrons. The number of aromatic nitrogens is 1. The van der Waals surface area contributed by atoms with E-state index in [2.05, 4.69) is 157 Å². The number of benzene rings is 5. The van der Waals surface area contributed by atoms with Crippen LogP contribution >= 0.6 is 34.0 Å². The number of thiazole rings is 1. The minimum Gasteiger partial charge on any atom is -0.241 e. The summed E-state index contributed by atoms with van der Waals surface area (Å²) in [6, 6.07) is 47.6. The topological polar surface area (TPSA) is 12.9 Å². The number of hydrogen-bond acceptors (Lipinski definition) is 4. The molecule has 0 spiro atoms. The number of unbranched alkanes of at least 4 members (excludes halogenated alkanes) is 20. The maximum atomic E-state index is 5.53. The summed E-state index contributed by atoms with van der Waals surface area (Å²) in [4.78, 5) is 12.6. The first-order valence-electron chi connectivity index (χ1n) is 34.6. The van der Waals surface area contributed by atoms with Crippen LogP contribution in [0.1, 0.15) is 264 Å². The van der Waals surface area contributed by atoms with Crippen LogP contribution in [0.25, 0.3) is 75.3 Å². The highest BCUT2D eigenvalue weighted by atomic mass is 32.1. The molecule has 0 bridgehead atoms. The van der Waals surface area contributed by atoms with Crippen molar-refractivity contribution in [3.63, 3.8) is 0 Å². The van der Waals surface area contributed by atoms with Crippen molar-refractivity contribution < 1.29 is 0 Å². The van der Waals surface area contributed by atoms with E-state index < -0.39 is 0 Å². The van der Waals surface area contributed by atoms with E-state index in [1.165, 1.54) is 289 Å². The zero-order chi connectivity index (χ0) is 58.6. The summed E-state index contributed by atoms with van der Waals surface area (Å²) in [6.07, 6.45) is 41.5. The molecule has 0 unspecified atom stereocenters. The molecule has 0 fully saturated rings. The lowest BCUT2D eigenvalue weighted by Crippen LogP contribution is -2.25. The zero-order valence-electron chi connectivity index (χ0n) is 53.3. The molecule has 3 aliphatic rings. The summed E-state index contributed by atoms with van der Waals surface area (Å²) < 4.78 is 0. The van der Waals surface area contributed by atoms with Crippen LogP contribution in [0.2, 0.25) is 0 Å². The molecule has 0 radical (unpaired) electrons. The van der Waals surface area contributed by atoms with Crippen molar-refractivity contribution in [3.8, 4) is 75.3 Å². The van der Waals surface area contributed by atoms with Gasteiger partial charge in [-0.3, -0.25) is 0 Å². The molecular weight excluding hydrogens is 1080 g/mol. The predicted octanol–water partition coefficient (Wildman–Crippen LogP) is 26.6. The summed E-state index contributed by atoms with van der Waals surface area (Å²) in [7, 11) is 0. The molecule has 0 amide bonds. The molecule has 85 heavy (non-hydrogen) atoms. The van der Waals surface area contributed by atoms with Gasteiger partial charge in [0.1, 0.15) is 5.01 Å². The van der Waals surface area contributed by atoms with Gasteiger partial charge in [0.25, 0.3) is 0 Å². The van der Waals surface area contributed by atoms with E-state index in [-0.39, 0.29) is 10.8 Å². The molecular formula is C81H101NS3. The molecule has 0 atom stereocenters.